The van der Waals surface area contributed by atoms with Crippen molar-refractivity contribution in [2.75, 3.05) is 11.9 Å². The summed E-state index contributed by atoms with van der Waals surface area (Å²) in [6, 6.07) is 10.5. The van der Waals surface area contributed by atoms with Crippen molar-refractivity contribution in [3.8, 4) is 11.4 Å². The van der Waals surface area contributed by atoms with Crippen LogP contribution in [0.15, 0.2) is 59.7 Å². The summed E-state index contributed by atoms with van der Waals surface area (Å²) in [7, 11) is 0. The van der Waals surface area contributed by atoms with Crippen LogP contribution in [-0.4, -0.2) is 43.0 Å². The number of benzene rings is 2. The maximum absolute atomic E-state index is 14.1. The van der Waals surface area contributed by atoms with Crippen LogP contribution in [0.5, 0.6) is 5.75 Å². The number of anilines is 2. The van der Waals surface area contributed by atoms with Crippen molar-refractivity contribution in [3.05, 3.63) is 82.4 Å². The molecule has 0 saturated heterocycles. The van der Waals surface area contributed by atoms with Crippen molar-refractivity contribution in [1.82, 2.24) is 30.2 Å². The van der Waals surface area contributed by atoms with E-state index in [-0.39, 0.29) is 11.5 Å². The Bertz CT molecular complexity index is 1310. The molecule has 0 radical (unpaired) electrons. The third-order valence-corrected chi connectivity index (χ3v) is 4.67. The van der Waals surface area contributed by atoms with Crippen LogP contribution in [0.3, 0.4) is 0 Å². The van der Waals surface area contributed by atoms with Crippen LogP contribution in [0.4, 0.5) is 29.1 Å². The summed E-state index contributed by atoms with van der Waals surface area (Å²) in [5.41, 5.74) is 1.22. The molecule has 2 aromatic heterocycles. The molecule has 34 heavy (non-hydrogen) atoms. The number of tetrazole rings is 1. The lowest BCUT2D eigenvalue weighted by atomic mass is 10.1. The van der Waals surface area contributed by atoms with Crippen molar-refractivity contribution in [2.45, 2.75) is 19.0 Å². The molecule has 2 N–H and O–H groups in total. The normalized spacial score (nSPS) is 11.4. The maximum atomic E-state index is 14.1. The standard InChI is InChI=1S/C21H17F4N7O2/c22-16-11-14(4-7-17(16)34-12-21(23,24)25)27-19-20(33)32(10-9-26-19)15-5-1-13(2-6-15)3-8-18-28-30-31-29-18/h1-2,4-7,9-11H,3,8,12H2,(H,26,27)(H,28,29,30,31). The van der Waals surface area contributed by atoms with Crippen LogP contribution in [0.25, 0.3) is 5.69 Å². The van der Waals surface area contributed by atoms with Gasteiger partial charge in [-0.1, -0.05) is 17.3 Å². The number of aryl methyl sites for hydroxylation is 2. The van der Waals surface area contributed by atoms with E-state index in [0.717, 1.165) is 17.7 Å². The molecule has 0 aliphatic rings. The zero-order valence-electron chi connectivity index (χ0n) is 17.4. The predicted octanol–water partition coefficient (Wildman–Crippen LogP) is 3.35. The monoisotopic (exact) mass is 475 g/mol. The van der Waals surface area contributed by atoms with Gasteiger partial charge >= 0.3 is 6.18 Å². The van der Waals surface area contributed by atoms with Gasteiger partial charge < -0.3 is 10.1 Å². The molecule has 2 aromatic carbocycles. The van der Waals surface area contributed by atoms with Crippen LogP contribution in [0, 0.1) is 5.82 Å². The van der Waals surface area contributed by atoms with E-state index in [1.165, 1.54) is 23.0 Å². The third kappa shape index (κ3) is 5.74. The fourth-order valence-corrected chi connectivity index (χ4v) is 3.06. The first-order chi connectivity index (χ1) is 16.3. The summed E-state index contributed by atoms with van der Waals surface area (Å²) in [6.45, 7) is -1.61. The lowest BCUT2D eigenvalue weighted by Gasteiger charge is -2.12. The number of nitrogens with one attached hydrogen (secondary N) is 2. The molecule has 4 aromatic rings. The SMILES string of the molecule is O=c1c(Nc2ccc(OCC(F)(F)F)c(F)c2)nccn1-c1ccc(CCc2nn[nH]n2)cc1. The number of hydrogen-bond acceptors (Lipinski definition) is 7. The van der Waals surface area contributed by atoms with Crippen LogP contribution in [-0.2, 0) is 12.8 Å². The number of rotatable bonds is 8. The van der Waals surface area contributed by atoms with Gasteiger partial charge in [0.25, 0.3) is 5.56 Å². The van der Waals surface area contributed by atoms with Crippen LogP contribution < -0.4 is 15.6 Å². The van der Waals surface area contributed by atoms with Gasteiger partial charge in [0.2, 0.25) is 0 Å². The summed E-state index contributed by atoms with van der Waals surface area (Å²) >= 11 is 0. The first-order valence-electron chi connectivity index (χ1n) is 9.94. The summed E-state index contributed by atoms with van der Waals surface area (Å²) < 4.78 is 56.7. The van der Waals surface area contributed by atoms with Crippen molar-refractivity contribution in [2.24, 2.45) is 0 Å². The molecule has 0 fully saturated rings. The van der Waals surface area contributed by atoms with Gasteiger partial charge in [-0.3, -0.25) is 9.36 Å². The topological polar surface area (TPSA) is 111 Å². The smallest absolute Gasteiger partial charge is 0.422 e. The molecule has 176 valence electrons. The minimum atomic E-state index is -4.59. The second-order valence-electron chi connectivity index (χ2n) is 7.12. The van der Waals surface area contributed by atoms with Gasteiger partial charge in [-0.15, -0.1) is 10.2 Å². The Morgan fingerprint density at radius 3 is 2.56 bits per heavy atom. The van der Waals surface area contributed by atoms with Gasteiger partial charge in [0.05, 0.1) is 0 Å². The van der Waals surface area contributed by atoms with Gasteiger partial charge in [0, 0.05) is 36.3 Å². The van der Waals surface area contributed by atoms with E-state index < -0.39 is 29.9 Å². The maximum Gasteiger partial charge on any atom is 0.422 e. The molecule has 0 atom stereocenters. The average Bonchev–Trinajstić information content (AvgIpc) is 3.32. The highest BCUT2D eigenvalue weighted by atomic mass is 19.4. The summed E-state index contributed by atoms with van der Waals surface area (Å²) in [6.07, 6.45) is -0.418. The molecule has 0 bridgehead atoms. The number of aromatic amines is 1. The Kier molecular flexibility index (Phi) is 6.52. The Labute approximate surface area is 189 Å². The van der Waals surface area contributed by atoms with E-state index in [4.69, 9.17) is 0 Å². The highest BCUT2D eigenvalue weighted by Crippen LogP contribution is 2.25. The second kappa shape index (κ2) is 9.68. The molecule has 2 heterocycles. The third-order valence-electron chi connectivity index (χ3n) is 4.67. The number of aromatic nitrogens is 6. The Hall–Kier alpha value is -4.29. The van der Waals surface area contributed by atoms with Crippen molar-refractivity contribution >= 4 is 11.5 Å². The Morgan fingerprint density at radius 2 is 1.88 bits per heavy atom. The first-order valence-corrected chi connectivity index (χ1v) is 9.94. The minimum Gasteiger partial charge on any atom is -0.481 e. The quantitative estimate of drug-likeness (QED) is 0.376. The average molecular weight is 475 g/mol. The summed E-state index contributed by atoms with van der Waals surface area (Å²) in [5, 5.41) is 16.4. The van der Waals surface area contributed by atoms with Crippen LogP contribution >= 0.6 is 0 Å². The number of hydrogen-bond donors (Lipinski definition) is 2. The first kappa shape index (κ1) is 22.9. The number of nitrogens with zero attached hydrogens (tertiary/aromatic N) is 5. The molecule has 0 spiro atoms. The molecule has 4 rings (SSSR count). The zero-order valence-corrected chi connectivity index (χ0v) is 17.4. The van der Waals surface area contributed by atoms with Gasteiger partial charge in [0.1, 0.15) is 0 Å². The fourth-order valence-electron chi connectivity index (χ4n) is 3.06. The van der Waals surface area contributed by atoms with Crippen LogP contribution in [0.1, 0.15) is 11.4 Å². The van der Waals surface area contributed by atoms with E-state index in [0.29, 0.717) is 24.4 Å². The number of ether oxygens (including phenoxy) is 1. The van der Waals surface area contributed by atoms with Gasteiger partial charge in [-0.2, -0.15) is 18.4 Å². The van der Waals surface area contributed by atoms with E-state index in [9.17, 15) is 22.4 Å². The highest BCUT2D eigenvalue weighted by Gasteiger charge is 2.29. The highest BCUT2D eigenvalue weighted by molar-refractivity contribution is 5.57. The molecular weight excluding hydrogens is 458 g/mol. The van der Waals surface area contributed by atoms with E-state index in [1.54, 1.807) is 12.1 Å². The zero-order chi connectivity index (χ0) is 24.1. The lowest BCUT2D eigenvalue weighted by molar-refractivity contribution is -0.153. The largest absolute Gasteiger partial charge is 0.481 e. The Balaban J connectivity index is 1.47. The number of halogens is 4. The molecule has 0 aliphatic heterocycles. The van der Waals surface area contributed by atoms with Gasteiger partial charge in [0.15, 0.2) is 29.8 Å². The van der Waals surface area contributed by atoms with Crippen molar-refractivity contribution in [3.63, 3.8) is 0 Å². The lowest BCUT2D eigenvalue weighted by Crippen LogP contribution is -2.22. The van der Waals surface area contributed by atoms with Gasteiger partial charge in [-0.05, 0) is 36.2 Å². The molecule has 0 unspecified atom stereocenters. The minimum absolute atomic E-state index is 0.0907. The van der Waals surface area contributed by atoms with Crippen molar-refractivity contribution in [1.29, 1.82) is 0 Å². The van der Waals surface area contributed by atoms with E-state index >= 15 is 0 Å². The molecule has 9 nitrogen and oxygen atoms in total. The Morgan fingerprint density at radius 1 is 1.09 bits per heavy atom. The second-order valence-corrected chi connectivity index (χ2v) is 7.12. The van der Waals surface area contributed by atoms with E-state index in [2.05, 4.69) is 35.7 Å². The summed E-state index contributed by atoms with van der Waals surface area (Å²) in [4.78, 5) is 16.9. The van der Waals surface area contributed by atoms with Crippen molar-refractivity contribution < 1.29 is 22.3 Å². The predicted molar refractivity (Wildman–Crippen MR) is 113 cm³/mol. The number of H-pyrrole nitrogens is 1. The molecule has 0 saturated carbocycles. The van der Waals surface area contributed by atoms with Gasteiger partial charge in [-0.25, -0.2) is 9.37 Å². The summed E-state index contributed by atoms with van der Waals surface area (Å²) in [5.74, 6) is -1.06. The van der Waals surface area contributed by atoms with E-state index in [1.807, 2.05) is 12.1 Å². The molecular formula is C21H17F4N7O2. The number of alkyl halides is 3. The molecule has 0 amide bonds. The molecule has 13 heteroatoms. The fraction of sp³-hybridized carbons (Fsp3) is 0.190. The van der Waals surface area contributed by atoms with Crippen LogP contribution in [0.2, 0.25) is 0 Å². The molecule has 0 aliphatic carbocycles.